The smallest absolute Gasteiger partial charge is 0.248 e. The molecule has 1 unspecified atom stereocenters. The maximum Gasteiger partial charge on any atom is 0.248 e. The van der Waals surface area contributed by atoms with Crippen molar-refractivity contribution in [1.29, 1.82) is 0 Å². The van der Waals surface area contributed by atoms with Gasteiger partial charge in [-0.3, -0.25) is 9.78 Å². The Morgan fingerprint density at radius 3 is 2.79 bits per heavy atom. The second-order valence-corrected chi connectivity index (χ2v) is 9.86. The molecule has 3 heterocycles. The van der Waals surface area contributed by atoms with E-state index in [2.05, 4.69) is 15.5 Å². The van der Waals surface area contributed by atoms with Crippen molar-refractivity contribution in [2.45, 2.75) is 31.2 Å². The third-order valence-corrected chi connectivity index (χ3v) is 7.63. The second kappa shape index (κ2) is 10.1. The Labute approximate surface area is 193 Å². The van der Waals surface area contributed by atoms with E-state index in [0.717, 1.165) is 11.1 Å². The first-order valence-corrected chi connectivity index (χ1v) is 12.3. The minimum Gasteiger partial charge on any atom is -0.355 e. The molecule has 1 fully saturated rings. The zero-order valence-electron chi connectivity index (χ0n) is 18.3. The van der Waals surface area contributed by atoms with Crippen molar-refractivity contribution in [1.82, 2.24) is 19.8 Å². The largest absolute Gasteiger partial charge is 0.355 e. The summed E-state index contributed by atoms with van der Waals surface area (Å²) >= 11 is 0. The summed E-state index contributed by atoms with van der Waals surface area (Å²) in [5.41, 5.74) is 2.10. The van der Waals surface area contributed by atoms with Crippen LogP contribution in [-0.2, 0) is 21.4 Å². The van der Waals surface area contributed by atoms with Crippen molar-refractivity contribution >= 4 is 28.1 Å². The lowest BCUT2D eigenvalue weighted by Crippen LogP contribution is -2.45. The van der Waals surface area contributed by atoms with Gasteiger partial charge in [0.25, 0.3) is 0 Å². The molecule has 2 aromatic heterocycles. The van der Waals surface area contributed by atoms with Crippen LogP contribution in [0, 0.1) is 12.8 Å². The number of sulfonamides is 1. The van der Waals surface area contributed by atoms with E-state index in [1.165, 1.54) is 4.31 Å². The molecule has 0 bridgehead atoms. The van der Waals surface area contributed by atoms with E-state index < -0.39 is 15.9 Å². The lowest BCUT2D eigenvalue weighted by Gasteiger charge is -2.31. The number of pyridine rings is 1. The van der Waals surface area contributed by atoms with Crippen molar-refractivity contribution < 1.29 is 17.7 Å². The highest BCUT2D eigenvalue weighted by molar-refractivity contribution is 7.89. The highest BCUT2D eigenvalue weighted by Gasteiger charge is 2.36. The summed E-state index contributed by atoms with van der Waals surface area (Å²) < 4.78 is 33.7. The summed E-state index contributed by atoms with van der Waals surface area (Å²) in [5.74, 6) is -0.404. The zero-order valence-corrected chi connectivity index (χ0v) is 19.2. The van der Waals surface area contributed by atoms with Crippen LogP contribution in [0.1, 0.15) is 35.4 Å². The molecule has 9 heteroatoms. The molecule has 0 radical (unpaired) electrons. The van der Waals surface area contributed by atoms with Gasteiger partial charge < -0.3 is 9.84 Å². The van der Waals surface area contributed by atoms with E-state index in [4.69, 9.17) is 4.52 Å². The Morgan fingerprint density at radius 1 is 1.21 bits per heavy atom. The quantitative estimate of drug-likeness (QED) is 0.573. The van der Waals surface area contributed by atoms with Crippen LogP contribution in [0.2, 0.25) is 0 Å². The Morgan fingerprint density at radius 2 is 2.03 bits per heavy atom. The molecule has 1 aliphatic rings. The van der Waals surface area contributed by atoms with E-state index >= 15 is 0 Å². The number of piperidine rings is 1. The van der Waals surface area contributed by atoms with Gasteiger partial charge >= 0.3 is 0 Å². The van der Waals surface area contributed by atoms with Gasteiger partial charge in [-0.1, -0.05) is 47.6 Å². The summed E-state index contributed by atoms with van der Waals surface area (Å²) in [5, 5.41) is 6.78. The average Bonchev–Trinajstić information content (AvgIpc) is 3.23. The predicted octanol–water partition coefficient (Wildman–Crippen LogP) is 3.27. The van der Waals surface area contributed by atoms with Crippen molar-refractivity contribution in [3.63, 3.8) is 0 Å². The number of amides is 1. The number of nitrogens with one attached hydrogen (secondary N) is 1. The first-order chi connectivity index (χ1) is 15.9. The van der Waals surface area contributed by atoms with E-state index in [1.54, 1.807) is 31.5 Å². The predicted molar refractivity (Wildman–Crippen MR) is 124 cm³/mol. The molecule has 1 aromatic carbocycles. The molecule has 1 saturated heterocycles. The normalized spacial score (nSPS) is 17.3. The molecule has 172 valence electrons. The van der Waals surface area contributed by atoms with Gasteiger partial charge in [0.1, 0.15) is 5.69 Å². The summed E-state index contributed by atoms with van der Waals surface area (Å²) in [6.45, 7) is 2.43. The van der Waals surface area contributed by atoms with Gasteiger partial charge in [0.2, 0.25) is 15.9 Å². The molecule has 0 saturated carbocycles. The van der Waals surface area contributed by atoms with Gasteiger partial charge in [0.15, 0.2) is 10.7 Å². The number of aromatic nitrogens is 2. The number of hydrogen-bond acceptors (Lipinski definition) is 6. The molecule has 4 rings (SSSR count). The monoisotopic (exact) mass is 466 g/mol. The van der Waals surface area contributed by atoms with Gasteiger partial charge in [-0.25, -0.2) is 8.42 Å². The Kier molecular flexibility index (Phi) is 7.00. The number of carbonyl (C=O) groups excluding carboxylic acids is 1. The minimum atomic E-state index is -3.88. The van der Waals surface area contributed by atoms with Crippen LogP contribution < -0.4 is 5.32 Å². The third kappa shape index (κ3) is 5.37. The molecular weight excluding hydrogens is 440 g/mol. The standard InChI is InChI=1S/C24H26N4O4S/c1-18-23(22(32-27-18)12-11-19-7-3-2-4-8-19)33(30,31)28-14-6-10-21(17-28)24(29)26-16-20-9-5-13-25-15-20/h2-5,7-9,11-13,15,21H,6,10,14,16-17H2,1H3,(H,26,29). The van der Waals surface area contributed by atoms with Crippen LogP contribution in [0.4, 0.5) is 0 Å². The van der Waals surface area contributed by atoms with Gasteiger partial charge in [0, 0.05) is 32.0 Å². The van der Waals surface area contributed by atoms with Gasteiger partial charge in [0.05, 0.1) is 5.92 Å². The summed E-state index contributed by atoms with van der Waals surface area (Å²) in [6.07, 6.45) is 7.99. The first kappa shape index (κ1) is 22.9. The highest BCUT2D eigenvalue weighted by Crippen LogP contribution is 2.29. The number of aryl methyl sites for hydroxylation is 1. The molecule has 0 aliphatic carbocycles. The van der Waals surface area contributed by atoms with Crippen molar-refractivity contribution in [2.24, 2.45) is 5.92 Å². The molecular formula is C24H26N4O4S. The third-order valence-electron chi connectivity index (χ3n) is 5.60. The lowest BCUT2D eigenvalue weighted by atomic mass is 9.99. The Hall–Kier alpha value is -3.30. The number of rotatable bonds is 7. The summed E-state index contributed by atoms with van der Waals surface area (Å²) in [7, 11) is -3.88. The minimum absolute atomic E-state index is 0.0473. The van der Waals surface area contributed by atoms with Crippen LogP contribution in [0.15, 0.2) is 64.3 Å². The van der Waals surface area contributed by atoms with Gasteiger partial charge in [-0.15, -0.1) is 0 Å². The number of hydrogen-bond donors (Lipinski definition) is 1. The molecule has 8 nitrogen and oxygen atoms in total. The van der Waals surface area contributed by atoms with Crippen LogP contribution in [0.5, 0.6) is 0 Å². The van der Waals surface area contributed by atoms with Crippen LogP contribution in [0.25, 0.3) is 12.2 Å². The molecule has 1 amide bonds. The van der Waals surface area contributed by atoms with E-state index in [-0.39, 0.29) is 23.1 Å². The maximum absolute atomic E-state index is 13.5. The maximum atomic E-state index is 13.5. The highest BCUT2D eigenvalue weighted by atomic mass is 32.2. The van der Waals surface area contributed by atoms with E-state index in [9.17, 15) is 13.2 Å². The first-order valence-electron chi connectivity index (χ1n) is 10.8. The fourth-order valence-electron chi connectivity index (χ4n) is 3.87. The molecule has 1 N–H and O–H groups in total. The van der Waals surface area contributed by atoms with Crippen molar-refractivity contribution in [3.8, 4) is 0 Å². The molecule has 33 heavy (non-hydrogen) atoms. The van der Waals surface area contributed by atoms with Crippen LogP contribution in [0.3, 0.4) is 0 Å². The fourth-order valence-corrected chi connectivity index (χ4v) is 5.65. The van der Waals surface area contributed by atoms with Crippen LogP contribution in [-0.4, -0.2) is 41.9 Å². The molecule has 1 atom stereocenters. The van der Waals surface area contributed by atoms with Crippen LogP contribution >= 0.6 is 0 Å². The summed E-state index contributed by atoms with van der Waals surface area (Å²) in [6, 6.07) is 13.2. The molecule has 0 spiro atoms. The number of carbonyl (C=O) groups is 1. The van der Waals surface area contributed by atoms with Crippen molar-refractivity contribution in [2.75, 3.05) is 13.1 Å². The topological polar surface area (TPSA) is 105 Å². The second-order valence-electron chi connectivity index (χ2n) is 7.99. The van der Waals surface area contributed by atoms with Gasteiger partial charge in [-0.05, 0) is 43.0 Å². The SMILES string of the molecule is Cc1noc(C=Cc2ccccc2)c1S(=O)(=O)N1CCCC(C(=O)NCc2cccnc2)C1. The Bertz CT molecular complexity index is 1220. The van der Waals surface area contributed by atoms with Crippen molar-refractivity contribution in [3.05, 3.63) is 77.4 Å². The van der Waals surface area contributed by atoms with E-state index in [0.29, 0.717) is 31.6 Å². The Balaban J connectivity index is 1.48. The molecule has 3 aromatic rings. The number of benzene rings is 1. The fraction of sp³-hybridized carbons (Fsp3) is 0.292. The average molecular weight is 467 g/mol. The van der Waals surface area contributed by atoms with Gasteiger partial charge in [-0.2, -0.15) is 4.31 Å². The number of nitrogens with zero attached hydrogens (tertiary/aromatic N) is 3. The lowest BCUT2D eigenvalue weighted by molar-refractivity contribution is -0.126. The van der Waals surface area contributed by atoms with E-state index in [1.807, 2.05) is 42.5 Å². The molecule has 1 aliphatic heterocycles. The summed E-state index contributed by atoms with van der Waals surface area (Å²) in [4.78, 5) is 16.8. The zero-order chi connectivity index (χ0) is 23.3.